The van der Waals surface area contributed by atoms with Gasteiger partial charge in [-0.2, -0.15) is 0 Å². The van der Waals surface area contributed by atoms with Gasteiger partial charge in [-0.1, -0.05) is 342 Å². The third-order valence-electron chi connectivity index (χ3n) is 16.0. The Balaban J connectivity index is 4.06. The highest BCUT2D eigenvalue weighted by atomic mass is 16.5. The molecule has 0 aromatic rings. The maximum absolute atomic E-state index is 14.2. The van der Waals surface area contributed by atoms with Crippen molar-refractivity contribution in [2.45, 2.75) is 387 Å². The second-order valence-electron chi connectivity index (χ2n) is 23.3. The monoisotopic (exact) mass is 1010 g/mol. The second-order valence-corrected chi connectivity index (χ2v) is 23.3. The van der Waals surface area contributed by atoms with Crippen LogP contribution in [0.25, 0.3) is 0 Å². The van der Waals surface area contributed by atoms with Crippen LogP contribution < -0.4 is 0 Å². The number of rotatable bonds is 62. The Morgan fingerprint density at radius 2 is 0.569 bits per heavy atom. The molecule has 0 aromatic heterocycles. The van der Waals surface area contributed by atoms with E-state index in [0.717, 1.165) is 51.6 Å². The Kier molecular flexibility index (Phi) is 61.1. The fourth-order valence-electron chi connectivity index (χ4n) is 10.9. The number of nitrogens with zero attached hydrogens (tertiary/aromatic N) is 1. The van der Waals surface area contributed by atoms with Gasteiger partial charge in [-0.3, -0.25) is 9.59 Å². The molecule has 0 spiro atoms. The van der Waals surface area contributed by atoms with Gasteiger partial charge in [-0.15, -0.1) is 0 Å². The zero-order chi connectivity index (χ0) is 52.2. The SMILES string of the molecule is CCCCCCCCCCCCCCCCCCCCCCC/C=C/CCCCCCCCCCCCCCCC(CC(=O)OCCCCCCCC)C(=O)N(CCCCCCCC)CCCCCCCC. The average Bonchev–Trinajstić information content (AvgIpc) is 3.38. The Bertz CT molecular complexity index is 1060. The van der Waals surface area contributed by atoms with Crippen molar-refractivity contribution < 1.29 is 14.3 Å². The van der Waals surface area contributed by atoms with Crippen LogP contribution in [0.3, 0.4) is 0 Å². The van der Waals surface area contributed by atoms with Gasteiger partial charge < -0.3 is 9.64 Å². The molecule has 4 nitrogen and oxygen atoms in total. The highest BCUT2D eigenvalue weighted by Gasteiger charge is 2.27. The first kappa shape index (κ1) is 70.7. The van der Waals surface area contributed by atoms with E-state index >= 15 is 0 Å². The van der Waals surface area contributed by atoms with Crippen LogP contribution in [0.15, 0.2) is 12.2 Å². The molecule has 1 unspecified atom stereocenters. The summed E-state index contributed by atoms with van der Waals surface area (Å²) in [6.07, 6.45) is 78.3. The molecular weight excluding hydrogens is 879 g/mol. The van der Waals surface area contributed by atoms with Gasteiger partial charge >= 0.3 is 5.97 Å². The molecule has 0 heterocycles. The molecule has 1 atom stereocenters. The number of esters is 1. The molecule has 0 saturated carbocycles. The molecule has 0 N–H and O–H groups in total. The Morgan fingerprint density at radius 3 is 0.875 bits per heavy atom. The summed E-state index contributed by atoms with van der Waals surface area (Å²) in [6.45, 7) is 11.3. The maximum Gasteiger partial charge on any atom is 0.306 e. The molecule has 0 aliphatic rings. The van der Waals surface area contributed by atoms with Gasteiger partial charge in [-0.25, -0.2) is 0 Å². The molecule has 0 saturated heterocycles. The van der Waals surface area contributed by atoms with Crippen molar-refractivity contribution in [3.63, 3.8) is 0 Å². The van der Waals surface area contributed by atoms with Crippen LogP contribution >= 0.6 is 0 Å². The van der Waals surface area contributed by atoms with Crippen molar-refractivity contribution in [3.8, 4) is 0 Å². The minimum Gasteiger partial charge on any atom is -0.466 e. The number of amides is 1. The molecule has 0 aliphatic heterocycles. The lowest BCUT2D eigenvalue weighted by Crippen LogP contribution is -2.38. The van der Waals surface area contributed by atoms with E-state index in [1.54, 1.807) is 0 Å². The third kappa shape index (κ3) is 54.9. The van der Waals surface area contributed by atoms with Crippen LogP contribution in [0.4, 0.5) is 0 Å². The van der Waals surface area contributed by atoms with E-state index < -0.39 is 0 Å². The lowest BCUT2D eigenvalue weighted by molar-refractivity contribution is -0.149. The maximum atomic E-state index is 14.2. The topological polar surface area (TPSA) is 46.6 Å². The Labute approximate surface area is 454 Å². The summed E-state index contributed by atoms with van der Waals surface area (Å²) in [4.78, 5) is 29.5. The van der Waals surface area contributed by atoms with Gasteiger partial charge in [-0.05, 0) is 51.4 Å². The molecule has 1 amide bonds. The summed E-state index contributed by atoms with van der Waals surface area (Å²) in [5, 5.41) is 0. The van der Waals surface area contributed by atoms with Gasteiger partial charge in [0, 0.05) is 19.0 Å². The first-order valence-electron chi connectivity index (χ1n) is 33.7. The predicted octanol–water partition coefficient (Wildman–Crippen LogP) is 23.5. The van der Waals surface area contributed by atoms with Crippen LogP contribution in [-0.2, 0) is 14.3 Å². The minimum atomic E-state index is -0.230. The van der Waals surface area contributed by atoms with E-state index in [9.17, 15) is 9.59 Å². The average molecular weight is 1010 g/mol. The quantitative estimate of drug-likeness (QED) is 0.0346. The molecular formula is C68H133NO3. The number of ether oxygens (including phenoxy) is 1. The summed E-state index contributed by atoms with van der Waals surface area (Å²) in [5.41, 5.74) is 0. The van der Waals surface area contributed by atoms with Crippen LogP contribution in [0.1, 0.15) is 387 Å². The van der Waals surface area contributed by atoms with E-state index in [-0.39, 0.29) is 24.2 Å². The largest absolute Gasteiger partial charge is 0.466 e. The number of hydrogen-bond acceptors (Lipinski definition) is 3. The van der Waals surface area contributed by atoms with Crippen LogP contribution in [0, 0.1) is 5.92 Å². The number of carbonyl (C=O) groups excluding carboxylic acids is 2. The normalized spacial score (nSPS) is 12.1. The van der Waals surface area contributed by atoms with Crippen molar-refractivity contribution in [2.24, 2.45) is 5.92 Å². The Morgan fingerprint density at radius 1 is 0.319 bits per heavy atom. The lowest BCUT2D eigenvalue weighted by Gasteiger charge is -2.27. The highest BCUT2D eigenvalue weighted by Crippen LogP contribution is 2.22. The van der Waals surface area contributed by atoms with Crippen LogP contribution in [0.5, 0.6) is 0 Å². The fourth-order valence-corrected chi connectivity index (χ4v) is 10.9. The van der Waals surface area contributed by atoms with E-state index in [1.807, 2.05) is 0 Å². The van der Waals surface area contributed by atoms with E-state index in [1.165, 1.54) is 315 Å². The molecule has 428 valence electrons. The summed E-state index contributed by atoms with van der Waals surface area (Å²) < 4.78 is 5.75. The van der Waals surface area contributed by atoms with E-state index in [0.29, 0.717) is 6.61 Å². The molecule has 0 fully saturated rings. The third-order valence-corrected chi connectivity index (χ3v) is 16.0. The molecule has 0 aliphatic carbocycles. The first-order chi connectivity index (χ1) is 35.6. The van der Waals surface area contributed by atoms with Crippen LogP contribution in [0.2, 0.25) is 0 Å². The van der Waals surface area contributed by atoms with E-state index in [2.05, 4.69) is 44.7 Å². The molecule has 72 heavy (non-hydrogen) atoms. The van der Waals surface area contributed by atoms with E-state index in [4.69, 9.17) is 4.74 Å². The Hall–Kier alpha value is -1.32. The van der Waals surface area contributed by atoms with Gasteiger partial charge in [0.25, 0.3) is 0 Å². The number of allylic oxidation sites excluding steroid dienone is 2. The zero-order valence-electron chi connectivity index (χ0n) is 50.1. The van der Waals surface area contributed by atoms with Gasteiger partial charge in [0.15, 0.2) is 0 Å². The van der Waals surface area contributed by atoms with Crippen molar-refractivity contribution in [3.05, 3.63) is 12.2 Å². The van der Waals surface area contributed by atoms with Crippen molar-refractivity contribution in [2.75, 3.05) is 19.7 Å². The van der Waals surface area contributed by atoms with Gasteiger partial charge in [0.2, 0.25) is 5.91 Å². The minimum absolute atomic E-state index is 0.158. The summed E-state index contributed by atoms with van der Waals surface area (Å²) in [5.74, 6) is -0.159. The molecule has 0 radical (unpaired) electrons. The second kappa shape index (κ2) is 62.2. The molecule has 0 bridgehead atoms. The van der Waals surface area contributed by atoms with Crippen LogP contribution in [-0.4, -0.2) is 36.5 Å². The number of carbonyl (C=O) groups is 2. The van der Waals surface area contributed by atoms with Crippen molar-refractivity contribution in [1.82, 2.24) is 4.90 Å². The van der Waals surface area contributed by atoms with Crippen molar-refractivity contribution >= 4 is 11.9 Å². The highest BCUT2D eigenvalue weighted by molar-refractivity contribution is 5.83. The molecule has 0 rings (SSSR count). The number of hydrogen-bond donors (Lipinski definition) is 0. The number of unbranched alkanes of at least 4 members (excludes halogenated alkanes) is 49. The molecule has 0 aromatic carbocycles. The lowest BCUT2D eigenvalue weighted by atomic mass is 9.95. The summed E-state index contributed by atoms with van der Waals surface area (Å²) >= 11 is 0. The summed E-state index contributed by atoms with van der Waals surface area (Å²) in [7, 11) is 0. The van der Waals surface area contributed by atoms with Gasteiger partial charge in [0.05, 0.1) is 13.0 Å². The smallest absolute Gasteiger partial charge is 0.306 e. The fraction of sp³-hybridized carbons (Fsp3) is 0.941. The van der Waals surface area contributed by atoms with Gasteiger partial charge in [0.1, 0.15) is 0 Å². The zero-order valence-corrected chi connectivity index (χ0v) is 50.1. The standard InChI is InChI=1S/C68H133NO3/c1-5-9-13-17-21-22-23-24-25-26-27-28-29-30-31-32-33-34-35-36-37-38-39-40-41-42-43-44-45-46-47-48-49-50-51-52-53-57-61-66(65-67(70)72-64-60-56-20-16-12-8-4)68(71)69(62-58-54-18-14-10-6-2)63-59-55-19-15-11-7-3/h39-40,66H,5-38,41-65H2,1-4H3/b40-39+. The first-order valence-corrected chi connectivity index (χ1v) is 33.7. The predicted molar refractivity (Wildman–Crippen MR) is 321 cm³/mol. The summed E-state index contributed by atoms with van der Waals surface area (Å²) in [6, 6.07) is 0. The molecule has 4 heteroatoms. The van der Waals surface area contributed by atoms with Crippen molar-refractivity contribution in [1.29, 1.82) is 0 Å².